The molecule has 0 bridgehead atoms. The largest absolute Gasteiger partial charge is 0.508 e. The van der Waals surface area contributed by atoms with E-state index in [9.17, 15) is 9.90 Å². The van der Waals surface area contributed by atoms with E-state index in [0.29, 0.717) is 5.39 Å². The SMILES string of the molecule is Cn1c2ccc(-c3cc(O)cc4ccccc34)cc2c(=O)n1C1CNC1. The summed E-state index contributed by atoms with van der Waals surface area (Å²) in [5.74, 6) is 0.227. The van der Waals surface area contributed by atoms with Gasteiger partial charge in [0.25, 0.3) is 5.56 Å². The fourth-order valence-corrected chi connectivity index (χ4v) is 3.92. The van der Waals surface area contributed by atoms with Crippen LogP contribution in [0.15, 0.2) is 59.4 Å². The van der Waals surface area contributed by atoms with Gasteiger partial charge in [0.1, 0.15) is 5.75 Å². The highest BCUT2D eigenvalue weighted by Gasteiger charge is 2.24. The minimum Gasteiger partial charge on any atom is -0.508 e. The minimum atomic E-state index is 0.0420. The molecule has 4 aromatic rings. The van der Waals surface area contributed by atoms with Crippen LogP contribution in [-0.4, -0.2) is 27.6 Å². The van der Waals surface area contributed by atoms with E-state index in [4.69, 9.17) is 0 Å². The predicted molar refractivity (Wildman–Crippen MR) is 104 cm³/mol. The number of aryl methyl sites for hydroxylation is 1. The number of nitrogens with one attached hydrogen (secondary N) is 1. The van der Waals surface area contributed by atoms with Gasteiger partial charge in [-0.05, 0) is 46.2 Å². The molecule has 1 aliphatic rings. The molecule has 0 radical (unpaired) electrons. The van der Waals surface area contributed by atoms with Gasteiger partial charge >= 0.3 is 0 Å². The predicted octanol–water partition coefficient (Wildman–Crippen LogP) is 3.01. The lowest BCUT2D eigenvalue weighted by Gasteiger charge is -2.29. The summed E-state index contributed by atoms with van der Waals surface area (Å²) in [4.78, 5) is 13.0. The average Bonchev–Trinajstić information content (AvgIpc) is 2.84. The number of fused-ring (bicyclic) bond motifs is 2. The number of aromatic hydroxyl groups is 1. The van der Waals surface area contributed by atoms with Gasteiger partial charge in [-0.1, -0.05) is 30.3 Å². The van der Waals surface area contributed by atoms with Crippen LogP contribution < -0.4 is 10.9 Å². The van der Waals surface area contributed by atoms with Crippen LogP contribution in [0.2, 0.25) is 0 Å². The quantitative estimate of drug-likeness (QED) is 0.587. The first-order valence-electron chi connectivity index (χ1n) is 8.77. The molecule has 0 atom stereocenters. The van der Waals surface area contributed by atoms with E-state index in [0.717, 1.165) is 40.5 Å². The highest BCUT2D eigenvalue weighted by Crippen LogP contribution is 2.33. The smallest absolute Gasteiger partial charge is 0.274 e. The second kappa shape index (κ2) is 5.47. The molecule has 1 aromatic heterocycles. The molecule has 1 saturated heterocycles. The molecule has 0 spiro atoms. The number of benzene rings is 3. The molecule has 3 aromatic carbocycles. The fourth-order valence-electron chi connectivity index (χ4n) is 3.92. The third-order valence-corrected chi connectivity index (χ3v) is 5.37. The molecule has 5 heteroatoms. The molecular formula is C21H19N3O2. The van der Waals surface area contributed by atoms with E-state index in [1.807, 2.05) is 58.9 Å². The molecule has 26 heavy (non-hydrogen) atoms. The summed E-state index contributed by atoms with van der Waals surface area (Å²) in [6.45, 7) is 1.66. The molecule has 2 N–H and O–H groups in total. The van der Waals surface area contributed by atoms with Gasteiger partial charge in [-0.2, -0.15) is 0 Å². The van der Waals surface area contributed by atoms with Gasteiger partial charge in [0, 0.05) is 20.1 Å². The number of aromatic nitrogens is 2. The van der Waals surface area contributed by atoms with Crippen molar-refractivity contribution in [1.29, 1.82) is 0 Å². The Morgan fingerprint density at radius 1 is 1.04 bits per heavy atom. The maximum atomic E-state index is 13.0. The highest BCUT2D eigenvalue weighted by atomic mass is 16.3. The zero-order valence-electron chi connectivity index (χ0n) is 14.4. The summed E-state index contributed by atoms with van der Waals surface area (Å²) >= 11 is 0. The van der Waals surface area contributed by atoms with Crippen molar-refractivity contribution in [3.63, 3.8) is 0 Å². The van der Waals surface area contributed by atoms with Crippen LogP contribution >= 0.6 is 0 Å². The Labute approximate surface area is 150 Å². The van der Waals surface area contributed by atoms with Crippen molar-refractivity contribution in [2.24, 2.45) is 7.05 Å². The first-order chi connectivity index (χ1) is 12.6. The number of hydrogen-bond acceptors (Lipinski definition) is 3. The molecule has 2 heterocycles. The van der Waals surface area contributed by atoms with Crippen molar-refractivity contribution in [1.82, 2.24) is 14.7 Å². The normalized spacial score (nSPS) is 14.8. The van der Waals surface area contributed by atoms with Crippen LogP contribution in [0.4, 0.5) is 0 Å². The highest BCUT2D eigenvalue weighted by molar-refractivity contribution is 5.99. The number of phenols is 1. The Kier molecular flexibility index (Phi) is 3.21. The van der Waals surface area contributed by atoms with Crippen molar-refractivity contribution >= 4 is 21.7 Å². The zero-order chi connectivity index (χ0) is 17.8. The molecule has 0 amide bonds. The maximum Gasteiger partial charge on any atom is 0.274 e. The van der Waals surface area contributed by atoms with E-state index < -0.39 is 0 Å². The third-order valence-electron chi connectivity index (χ3n) is 5.37. The summed E-state index contributed by atoms with van der Waals surface area (Å²) < 4.78 is 3.79. The van der Waals surface area contributed by atoms with Gasteiger partial charge in [0.2, 0.25) is 0 Å². The molecule has 0 aliphatic carbocycles. The lowest BCUT2D eigenvalue weighted by atomic mass is 9.97. The molecular weight excluding hydrogens is 326 g/mol. The van der Waals surface area contributed by atoms with E-state index in [1.54, 1.807) is 12.1 Å². The van der Waals surface area contributed by atoms with Gasteiger partial charge in [-0.3, -0.25) is 9.48 Å². The molecule has 0 saturated carbocycles. The number of phenolic OH excluding ortho intramolecular Hbond substituents is 1. The van der Waals surface area contributed by atoms with E-state index >= 15 is 0 Å². The van der Waals surface area contributed by atoms with Crippen molar-refractivity contribution < 1.29 is 5.11 Å². The van der Waals surface area contributed by atoms with Crippen LogP contribution in [0.25, 0.3) is 32.8 Å². The topological polar surface area (TPSA) is 59.2 Å². The summed E-state index contributed by atoms with van der Waals surface area (Å²) in [6.07, 6.45) is 0. The Balaban J connectivity index is 1.77. The van der Waals surface area contributed by atoms with E-state index in [1.165, 1.54) is 0 Å². The van der Waals surface area contributed by atoms with Gasteiger partial charge in [0.15, 0.2) is 0 Å². The van der Waals surface area contributed by atoms with E-state index in [2.05, 4.69) is 5.32 Å². The molecule has 1 fully saturated rings. The Bertz CT molecular complexity index is 1220. The molecule has 5 nitrogen and oxygen atoms in total. The summed E-state index contributed by atoms with van der Waals surface area (Å²) in [6, 6.07) is 17.7. The van der Waals surface area contributed by atoms with Gasteiger partial charge in [-0.25, -0.2) is 4.68 Å². The number of hydrogen-bond donors (Lipinski definition) is 2. The number of rotatable bonds is 2. The van der Waals surface area contributed by atoms with Crippen molar-refractivity contribution in [2.45, 2.75) is 6.04 Å². The van der Waals surface area contributed by atoms with Crippen molar-refractivity contribution in [3.05, 3.63) is 65.0 Å². The monoisotopic (exact) mass is 345 g/mol. The first kappa shape index (κ1) is 15.2. The van der Waals surface area contributed by atoms with Crippen LogP contribution in [0.1, 0.15) is 6.04 Å². The Morgan fingerprint density at radius 2 is 1.85 bits per heavy atom. The second-order valence-electron chi connectivity index (χ2n) is 6.93. The van der Waals surface area contributed by atoms with Crippen LogP contribution in [-0.2, 0) is 7.05 Å². The first-order valence-corrected chi connectivity index (χ1v) is 8.77. The summed E-state index contributed by atoms with van der Waals surface area (Å²) in [5.41, 5.74) is 2.84. The fraction of sp³-hybridized carbons (Fsp3) is 0.190. The molecule has 1 aliphatic heterocycles. The second-order valence-corrected chi connectivity index (χ2v) is 6.93. The van der Waals surface area contributed by atoms with E-state index in [-0.39, 0.29) is 17.4 Å². The lowest BCUT2D eigenvalue weighted by molar-refractivity contribution is 0.286. The zero-order valence-corrected chi connectivity index (χ0v) is 14.4. The Hall–Kier alpha value is -3.05. The summed E-state index contributed by atoms with van der Waals surface area (Å²) in [7, 11) is 1.94. The van der Waals surface area contributed by atoms with Crippen molar-refractivity contribution in [3.8, 4) is 16.9 Å². The minimum absolute atomic E-state index is 0.0420. The van der Waals surface area contributed by atoms with Crippen molar-refractivity contribution in [2.75, 3.05) is 13.1 Å². The molecule has 5 rings (SSSR count). The van der Waals surface area contributed by atoms with Crippen LogP contribution in [0, 0.1) is 0 Å². The van der Waals surface area contributed by atoms with Crippen LogP contribution in [0.3, 0.4) is 0 Å². The summed E-state index contributed by atoms with van der Waals surface area (Å²) in [5, 5.41) is 16.1. The standard InChI is InChI=1S/C21H19N3O2/c1-23-20-7-6-14(9-19(20)21(26)24(23)15-11-22-12-15)18-10-16(25)8-13-4-2-3-5-17(13)18/h2-10,15,22,25H,11-12H2,1H3. The van der Waals surface area contributed by atoms with Gasteiger partial charge in [0.05, 0.1) is 16.9 Å². The van der Waals surface area contributed by atoms with Gasteiger partial charge in [-0.15, -0.1) is 0 Å². The third kappa shape index (κ3) is 2.10. The molecule has 0 unspecified atom stereocenters. The van der Waals surface area contributed by atoms with Gasteiger partial charge < -0.3 is 10.4 Å². The lowest BCUT2D eigenvalue weighted by Crippen LogP contribution is -2.47. The van der Waals surface area contributed by atoms with Crippen LogP contribution in [0.5, 0.6) is 5.75 Å². The maximum absolute atomic E-state index is 13.0. The average molecular weight is 345 g/mol. The molecule has 130 valence electrons. The number of nitrogens with zero attached hydrogens (tertiary/aromatic N) is 2. The Morgan fingerprint density at radius 3 is 2.62 bits per heavy atom.